The van der Waals surface area contributed by atoms with Gasteiger partial charge in [0.25, 0.3) is 0 Å². The number of para-hydroxylation sites is 1. The Morgan fingerprint density at radius 3 is 2.29 bits per heavy atom. The fourth-order valence-electron chi connectivity index (χ4n) is 4.09. The summed E-state index contributed by atoms with van der Waals surface area (Å²) >= 11 is 0. The first-order chi connectivity index (χ1) is 11.5. The van der Waals surface area contributed by atoms with E-state index in [4.69, 9.17) is 0 Å². The molecule has 2 saturated heterocycles. The van der Waals surface area contributed by atoms with Crippen LogP contribution in [0.4, 0.5) is 5.69 Å². The number of tetrazole rings is 1. The number of hydrogen-bond donors (Lipinski definition) is 0. The molecule has 128 valence electrons. The van der Waals surface area contributed by atoms with Crippen molar-refractivity contribution in [2.75, 3.05) is 31.1 Å². The average molecular weight is 326 g/mol. The van der Waals surface area contributed by atoms with Gasteiger partial charge in [0.15, 0.2) is 5.82 Å². The van der Waals surface area contributed by atoms with E-state index in [1.165, 1.54) is 5.69 Å². The van der Waals surface area contributed by atoms with Crippen molar-refractivity contribution in [3.05, 3.63) is 36.2 Å². The quantitative estimate of drug-likeness (QED) is 0.863. The van der Waals surface area contributed by atoms with Crippen LogP contribution in [0.1, 0.15) is 26.6 Å². The third kappa shape index (κ3) is 2.90. The topological polar surface area (TPSA) is 50.1 Å². The van der Waals surface area contributed by atoms with Gasteiger partial charge in [0.2, 0.25) is 0 Å². The number of rotatable bonds is 3. The lowest BCUT2D eigenvalue weighted by Gasteiger charge is -2.24. The molecule has 0 amide bonds. The van der Waals surface area contributed by atoms with Crippen molar-refractivity contribution in [1.82, 2.24) is 25.1 Å². The van der Waals surface area contributed by atoms with Crippen LogP contribution in [0, 0.1) is 11.8 Å². The summed E-state index contributed by atoms with van der Waals surface area (Å²) in [6.45, 7) is 11.9. The Kier molecular flexibility index (Phi) is 3.79. The predicted molar refractivity (Wildman–Crippen MR) is 93.7 cm³/mol. The SMILES string of the molecule is CC(C)(C)n1nnnc1CN1C[C@@H]2CN(c3ccccc3)C[C@@H]2C1. The molecule has 2 atom stereocenters. The molecule has 0 N–H and O–H groups in total. The third-order valence-electron chi connectivity index (χ3n) is 5.22. The molecule has 6 nitrogen and oxygen atoms in total. The number of anilines is 1. The highest BCUT2D eigenvalue weighted by Gasteiger charge is 2.40. The molecule has 0 aliphatic carbocycles. The monoisotopic (exact) mass is 326 g/mol. The van der Waals surface area contributed by atoms with E-state index < -0.39 is 0 Å². The van der Waals surface area contributed by atoms with Gasteiger partial charge in [0.05, 0.1) is 12.1 Å². The van der Waals surface area contributed by atoms with Crippen LogP contribution in [0.2, 0.25) is 0 Å². The van der Waals surface area contributed by atoms with Crippen molar-refractivity contribution in [2.45, 2.75) is 32.9 Å². The first-order valence-corrected chi connectivity index (χ1v) is 8.81. The Labute approximate surface area is 143 Å². The second kappa shape index (κ2) is 5.84. The lowest BCUT2D eigenvalue weighted by Crippen LogP contribution is -2.32. The van der Waals surface area contributed by atoms with Crippen LogP contribution in [0.3, 0.4) is 0 Å². The normalized spacial score (nSPS) is 24.5. The van der Waals surface area contributed by atoms with Gasteiger partial charge >= 0.3 is 0 Å². The number of aromatic nitrogens is 4. The van der Waals surface area contributed by atoms with E-state index in [0.717, 1.165) is 50.4 Å². The van der Waals surface area contributed by atoms with Crippen LogP contribution in [0.15, 0.2) is 30.3 Å². The number of fused-ring (bicyclic) bond motifs is 1. The molecule has 0 unspecified atom stereocenters. The van der Waals surface area contributed by atoms with Gasteiger partial charge in [0.1, 0.15) is 0 Å². The second-order valence-electron chi connectivity index (χ2n) is 8.13. The fourth-order valence-corrected chi connectivity index (χ4v) is 4.09. The van der Waals surface area contributed by atoms with Gasteiger partial charge in [-0.15, -0.1) is 5.10 Å². The van der Waals surface area contributed by atoms with E-state index in [0.29, 0.717) is 0 Å². The van der Waals surface area contributed by atoms with Gasteiger partial charge in [-0.3, -0.25) is 4.90 Å². The zero-order valence-corrected chi connectivity index (χ0v) is 14.8. The van der Waals surface area contributed by atoms with Crippen LogP contribution < -0.4 is 4.90 Å². The summed E-state index contributed by atoms with van der Waals surface area (Å²) in [4.78, 5) is 5.05. The largest absolute Gasteiger partial charge is 0.371 e. The molecule has 24 heavy (non-hydrogen) atoms. The summed E-state index contributed by atoms with van der Waals surface area (Å²) in [6, 6.07) is 10.8. The minimum atomic E-state index is -0.0709. The van der Waals surface area contributed by atoms with E-state index in [1.54, 1.807) is 0 Å². The van der Waals surface area contributed by atoms with E-state index in [2.05, 4.69) is 76.4 Å². The summed E-state index contributed by atoms with van der Waals surface area (Å²) in [5.41, 5.74) is 1.29. The number of likely N-dealkylation sites (tertiary alicyclic amines) is 1. The molecular weight excluding hydrogens is 300 g/mol. The number of hydrogen-bond acceptors (Lipinski definition) is 5. The van der Waals surface area contributed by atoms with Crippen LogP contribution in [0.25, 0.3) is 0 Å². The van der Waals surface area contributed by atoms with Crippen molar-refractivity contribution in [3.8, 4) is 0 Å². The van der Waals surface area contributed by atoms with Crippen molar-refractivity contribution in [1.29, 1.82) is 0 Å². The standard InChI is InChI=1S/C18H26N6/c1-18(2,3)24-17(19-20-21-24)13-22-9-14-11-23(12-15(14)10-22)16-7-5-4-6-8-16/h4-8,14-15H,9-13H2,1-3H3/t14-,15+. The third-order valence-corrected chi connectivity index (χ3v) is 5.22. The van der Waals surface area contributed by atoms with Gasteiger partial charge in [-0.05, 0) is 55.2 Å². The Morgan fingerprint density at radius 1 is 1.00 bits per heavy atom. The molecule has 2 aromatic rings. The van der Waals surface area contributed by atoms with Crippen molar-refractivity contribution in [2.24, 2.45) is 11.8 Å². The van der Waals surface area contributed by atoms with E-state index in [9.17, 15) is 0 Å². The van der Waals surface area contributed by atoms with E-state index >= 15 is 0 Å². The molecule has 3 heterocycles. The summed E-state index contributed by atoms with van der Waals surface area (Å²) in [5, 5.41) is 12.3. The van der Waals surface area contributed by atoms with Crippen LogP contribution in [-0.2, 0) is 12.1 Å². The Hall–Kier alpha value is -1.95. The first kappa shape index (κ1) is 15.6. The number of nitrogens with zero attached hydrogens (tertiary/aromatic N) is 6. The molecule has 0 saturated carbocycles. The van der Waals surface area contributed by atoms with Gasteiger partial charge in [-0.1, -0.05) is 18.2 Å². The average Bonchev–Trinajstić information content (AvgIpc) is 3.22. The summed E-state index contributed by atoms with van der Waals surface area (Å²) < 4.78 is 1.96. The Balaban J connectivity index is 1.39. The molecule has 2 aliphatic heterocycles. The van der Waals surface area contributed by atoms with Gasteiger partial charge in [-0.25, -0.2) is 4.68 Å². The summed E-state index contributed by atoms with van der Waals surface area (Å²) in [7, 11) is 0. The molecule has 0 radical (unpaired) electrons. The maximum Gasteiger partial charge on any atom is 0.165 e. The summed E-state index contributed by atoms with van der Waals surface area (Å²) in [6.07, 6.45) is 0. The minimum Gasteiger partial charge on any atom is -0.371 e. The molecule has 6 heteroatoms. The highest BCUT2D eigenvalue weighted by atomic mass is 15.6. The Bertz CT molecular complexity index is 675. The smallest absolute Gasteiger partial charge is 0.165 e. The highest BCUT2D eigenvalue weighted by molar-refractivity contribution is 5.47. The molecule has 0 spiro atoms. The van der Waals surface area contributed by atoms with Gasteiger partial charge in [-0.2, -0.15) is 0 Å². The first-order valence-electron chi connectivity index (χ1n) is 8.81. The maximum atomic E-state index is 4.25. The lowest BCUT2D eigenvalue weighted by molar-refractivity contribution is 0.268. The van der Waals surface area contributed by atoms with Crippen molar-refractivity contribution < 1.29 is 0 Å². The predicted octanol–water partition coefficient (Wildman–Crippen LogP) is 2.00. The lowest BCUT2D eigenvalue weighted by atomic mass is 10.0. The van der Waals surface area contributed by atoms with E-state index in [1.807, 2.05) is 4.68 Å². The van der Waals surface area contributed by atoms with Gasteiger partial charge < -0.3 is 4.90 Å². The van der Waals surface area contributed by atoms with Crippen LogP contribution >= 0.6 is 0 Å². The maximum absolute atomic E-state index is 4.25. The molecule has 1 aromatic heterocycles. The van der Waals surface area contributed by atoms with Crippen molar-refractivity contribution >= 4 is 5.69 Å². The van der Waals surface area contributed by atoms with Crippen molar-refractivity contribution in [3.63, 3.8) is 0 Å². The number of benzene rings is 1. The van der Waals surface area contributed by atoms with Gasteiger partial charge in [0, 0.05) is 31.9 Å². The molecule has 4 rings (SSSR count). The molecular formula is C18H26N6. The molecule has 0 bridgehead atoms. The van der Waals surface area contributed by atoms with Crippen LogP contribution in [0.5, 0.6) is 0 Å². The zero-order chi connectivity index (χ0) is 16.7. The molecule has 2 aliphatic rings. The highest BCUT2D eigenvalue weighted by Crippen LogP contribution is 2.34. The molecule has 2 fully saturated rings. The minimum absolute atomic E-state index is 0.0709. The van der Waals surface area contributed by atoms with Crippen LogP contribution in [-0.4, -0.2) is 51.3 Å². The zero-order valence-electron chi connectivity index (χ0n) is 14.8. The molecule has 1 aromatic carbocycles. The Morgan fingerprint density at radius 2 is 1.67 bits per heavy atom. The second-order valence-corrected chi connectivity index (χ2v) is 8.13. The summed E-state index contributed by atoms with van der Waals surface area (Å²) in [5.74, 6) is 2.48. The fraction of sp³-hybridized carbons (Fsp3) is 0.611. The van der Waals surface area contributed by atoms with E-state index in [-0.39, 0.29) is 5.54 Å².